The van der Waals surface area contributed by atoms with Gasteiger partial charge in [-0.25, -0.2) is 9.97 Å². The Balaban J connectivity index is 1.54. The van der Waals surface area contributed by atoms with Crippen LogP contribution in [0.3, 0.4) is 0 Å². The summed E-state index contributed by atoms with van der Waals surface area (Å²) >= 11 is 19.0. The zero-order valence-corrected chi connectivity index (χ0v) is 20.6. The van der Waals surface area contributed by atoms with E-state index >= 15 is 0 Å². The Kier molecular flexibility index (Phi) is 6.58. The van der Waals surface area contributed by atoms with Gasteiger partial charge in [-0.2, -0.15) is 4.98 Å². The minimum atomic E-state index is -0.259. The van der Waals surface area contributed by atoms with Crippen LogP contribution in [-0.2, 0) is 0 Å². The first-order chi connectivity index (χ1) is 15.9. The van der Waals surface area contributed by atoms with E-state index in [1.165, 1.54) is 0 Å². The minimum Gasteiger partial charge on any atom is -0.393 e. The van der Waals surface area contributed by atoms with Gasteiger partial charge in [0, 0.05) is 17.1 Å². The molecule has 3 N–H and O–H groups in total. The molecule has 2 heterocycles. The van der Waals surface area contributed by atoms with Gasteiger partial charge in [0.1, 0.15) is 5.52 Å². The van der Waals surface area contributed by atoms with E-state index in [1.807, 2.05) is 0 Å². The molecule has 2 aliphatic carbocycles. The van der Waals surface area contributed by atoms with Gasteiger partial charge in [-0.05, 0) is 63.0 Å². The summed E-state index contributed by atoms with van der Waals surface area (Å²) in [6, 6.07) is 3.75. The summed E-state index contributed by atoms with van der Waals surface area (Å²) in [4.78, 5) is 14.1. The number of anilines is 3. The van der Waals surface area contributed by atoms with E-state index in [9.17, 15) is 5.11 Å². The lowest BCUT2D eigenvalue weighted by molar-refractivity contribution is 0.182. The van der Waals surface area contributed by atoms with Crippen LogP contribution in [0.25, 0.3) is 11.2 Å². The van der Waals surface area contributed by atoms with E-state index in [4.69, 9.17) is 44.8 Å². The number of hydrogen-bond donors (Lipinski definition) is 3. The first-order valence-corrected chi connectivity index (χ1v) is 12.6. The number of fused-ring (bicyclic) bond motifs is 1. The van der Waals surface area contributed by atoms with Gasteiger partial charge in [0.25, 0.3) is 0 Å². The molecule has 3 aromatic rings. The Hall–Kier alpha value is -1.80. The number of benzene rings is 1. The highest BCUT2D eigenvalue weighted by molar-refractivity contribution is 6.41. The number of nitrogens with one attached hydrogen (secondary N) is 2. The molecule has 7 nitrogen and oxygen atoms in total. The lowest BCUT2D eigenvalue weighted by atomic mass is 9.87. The number of imidazole rings is 1. The van der Waals surface area contributed by atoms with Gasteiger partial charge < -0.3 is 15.7 Å². The number of hydrogen-bond acceptors (Lipinski definition) is 6. The van der Waals surface area contributed by atoms with Crippen LogP contribution in [0.5, 0.6) is 0 Å². The second-order valence-corrected chi connectivity index (χ2v) is 10.5. The van der Waals surface area contributed by atoms with Gasteiger partial charge in [0.2, 0.25) is 11.9 Å². The molecule has 10 heteroatoms. The van der Waals surface area contributed by atoms with Gasteiger partial charge in [0.15, 0.2) is 5.65 Å². The molecule has 2 aliphatic rings. The Morgan fingerprint density at radius 2 is 1.73 bits per heavy atom. The Labute approximate surface area is 207 Å². The highest BCUT2D eigenvalue weighted by Gasteiger charge is 2.27. The van der Waals surface area contributed by atoms with Crippen molar-refractivity contribution in [1.82, 2.24) is 19.5 Å². The molecule has 176 valence electrons. The quantitative estimate of drug-likeness (QED) is 0.359. The summed E-state index contributed by atoms with van der Waals surface area (Å²) in [6.45, 7) is 2.30. The largest absolute Gasteiger partial charge is 0.393 e. The Morgan fingerprint density at radius 1 is 1.00 bits per heavy atom. The summed E-state index contributed by atoms with van der Waals surface area (Å²) in [6.07, 6.45) is 8.30. The standard InChI is InChI=1S/C23H27Cl3N6O/c1-12-2-5-15(6-3-12)32-21-19(11-27-22(31-21)28-14-4-7-16(33)10-14)29-23(32)30-20-17(25)8-13(24)9-18(20)26/h8-9,11-12,14-16,33H,2-7,10H2,1H3,(H,29,30)(H,27,28,31)/t12?,14-,15?,16+/m1/s1. The van der Waals surface area contributed by atoms with E-state index in [-0.39, 0.29) is 18.2 Å². The summed E-state index contributed by atoms with van der Waals surface area (Å²) in [5, 5.41) is 17.9. The third kappa shape index (κ3) is 4.87. The van der Waals surface area contributed by atoms with Gasteiger partial charge in [-0.3, -0.25) is 4.57 Å². The predicted octanol–water partition coefficient (Wildman–Crippen LogP) is 6.61. The van der Waals surface area contributed by atoms with Crippen molar-refractivity contribution in [2.75, 3.05) is 10.6 Å². The van der Waals surface area contributed by atoms with Crippen LogP contribution in [-0.4, -0.2) is 36.8 Å². The molecule has 2 aromatic heterocycles. The molecule has 33 heavy (non-hydrogen) atoms. The summed E-state index contributed by atoms with van der Waals surface area (Å²) in [5.74, 6) is 1.91. The van der Waals surface area contributed by atoms with Crippen LogP contribution in [0.1, 0.15) is 57.9 Å². The average Bonchev–Trinajstić information content (AvgIpc) is 3.34. The maximum atomic E-state index is 9.86. The van der Waals surface area contributed by atoms with Crippen molar-refractivity contribution >= 4 is 63.6 Å². The molecular weight excluding hydrogens is 483 g/mol. The fourth-order valence-corrected chi connectivity index (χ4v) is 5.85. The first-order valence-electron chi connectivity index (χ1n) is 11.5. The molecule has 2 fully saturated rings. The summed E-state index contributed by atoms with van der Waals surface area (Å²) < 4.78 is 2.17. The summed E-state index contributed by atoms with van der Waals surface area (Å²) in [7, 11) is 0. The Morgan fingerprint density at radius 3 is 2.39 bits per heavy atom. The van der Waals surface area contributed by atoms with Crippen molar-refractivity contribution in [2.45, 2.75) is 70.1 Å². The predicted molar refractivity (Wildman–Crippen MR) is 134 cm³/mol. The summed E-state index contributed by atoms with van der Waals surface area (Å²) in [5.41, 5.74) is 2.04. The van der Waals surface area contributed by atoms with E-state index in [0.29, 0.717) is 50.5 Å². The molecule has 2 saturated carbocycles. The van der Waals surface area contributed by atoms with Crippen LogP contribution < -0.4 is 10.6 Å². The number of rotatable bonds is 5. The SMILES string of the molecule is CC1CCC(n2c(Nc3c(Cl)cc(Cl)cc3Cl)nc3cnc(N[C@@H]4CC[C@H](O)C4)nc32)CC1. The van der Waals surface area contributed by atoms with Crippen molar-refractivity contribution in [3.8, 4) is 0 Å². The molecule has 0 aliphatic heterocycles. The molecular formula is C23H27Cl3N6O. The topological polar surface area (TPSA) is 87.9 Å². The van der Waals surface area contributed by atoms with Crippen LogP contribution in [0.2, 0.25) is 15.1 Å². The zero-order valence-electron chi connectivity index (χ0n) is 18.4. The third-order valence-electron chi connectivity index (χ3n) is 6.77. The second-order valence-electron chi connectivity index (χ2n) is 9.30. The highest BCUT2D eigenvalue weighted by atomic mass is 35.5. The maximum absolute atomic E-state index is 9.86. The van der Waals surface area contributed by atoms with Crippen LogP contribution in [0.4, 0.5) is 17.6 Å². The molecule has 0 amide bonds. The van der Waals surface area contributed by atoms with Gasteiger partial charge in [-0.1, -0.05) is 41.7 Å². The van der Waals surface area contributed by atoms with E-state index in [2.05, 4.69) is 27.1 Å². The van der Waals surface area contributed by atoms with Crippen LogP contribution >= 0.6 is 34.8 Å². The van der Waals surface area contributed by atoms with Crippen molar-refractivity contribution in [3.05, 3.63) is 33.4 Å². The molecule has 2 atom stereocenters. The average molecular weight is 510 g/mol. The number of halogens is 3. The van der Waals surface area contributed by atoms with Crippen LogP contribution in [0.15, 0.2) is 18.3 Å². The molecule has 0 bridgehead atoms. The van der Waals surface area contributed by atoms with Crippen molar-refractivity contribution in [1.29, 1.82) is 0 Å². The maximum Gasteiger partial charge on any atom is 0.224 e. The number of nitrogens with zero attached hydrogens (tertiary/aromatic N) is 4. The minimum absolute atomic E-state index is 0.175. The molecule has 0 spiro atoms. The molecule has 0 radical (unpaired) electrons. The van der Waals surface area contributed by atoms with Crippen molar-refractivity contribution in [3.63, 3.8) is 0 Å². The number of aromatic nitrogens is 4. The first kappa shape index (κ1) is 23.0. The lowest BCUT2D eigenvalue weighted by Gasteiger charge is -2.28. The third-order valence-corrected chi connectivity index (χ3v) is 7.58. The second kappa shape index (κ2) is 9.45. The normalized spacial score (nSPS) is 25.5. The number of aliphatic hydroxyl groups is 1. The van der Waals surface area contributed by atoms with Gasteiger partial charge in [-0.15, -0.1) is 0 Å². The monoisotopic (exact) mass is 508 g/mol. The molecule has 5 rings (SSSR count). The van der Waals surface area contributed by atoms with Crippen molar-refractivity contribution in [2.24, 2.45) is 5.92 Å². The van der Waals surface area contributed by atoms with Gasteiger partial charge in [0.05, 0.1) is 28.0 Å². The van der Waals surface area contributed by atoms with E-state index in [0.717, 1.165) is 44.2 Å². The van der Waals surface area contributed by atoms with E-state index < -0.39 is 0 Å². The highest BCUT2D eigenvalue weighted by Crippen LogP contribution is 2.40. The van der Waals surface area contributed by atoms with Crippen molar-refractivity contribution < 1.29 is 5.11 Å². The van der Waals surface area contributed by atoms with Gasteiger partial charge >= 0.3 is 0 Å². The Bertz CT molecular complexity index is 1140. The van der Waals surface area contributed by atoms with Crippen LogP contribution in [0, 0.1) is 5.92 Å². The number of aliphatic hydroxyl groups excluding tert-OH is 1. The zero-order chi connectivity index (χ0) is 23.1. The molecule has 0 unspecified atom stereocenters. The fraction of sp³-hybridized carbons (Fsp3) is 0.522. The fourth-order valence-electron chi connectivity index (χ4n) is 4.94. The smallest absolute Gasteiger partial charge is 0.224 e. The lowest BCUT2D eigenvalue weighted by Crippen LogP contribution is -2.20. The molecule has 1 aromatic carbocycles. The molecule has 0 saturated heterocycles. The van der Waals surface area contributed by atoms with E-state index in [1.54, 1.807) is 18.3 Å².